The number of nitrogens with zero attached hydrogens (tertiary/aromatic N) is 1. The minimum atomic E-state index is 0.747. The van der Waals surface area contributed by atoms with Gasteiger partial charge in [-0.15, -0.1) is 0 Å². The monoisotopic (exact) mass is 390 g/mol. The Labute approximate surface area is 139 Å². The molecule has 3 aromatic rings. The van der Waals surface area contributed by atoms with Gasteiger partial charge >= 0.3 is 0 Å². The van der Waals surface area contributed by atoms with Crippen molar-refractivity contribution in [2.45, 2.75) is 19.4 Å². The second-order valence-electron chi connectivity index (χ2n) is 5.32. The van der Waals surface area contributed by atoms with Crippen molar-refractivity contribution >= 4 is 33.5 Å². The van der Waals surface area contributed by atoms with Gasteiger partial charge in [-0.05, 0) is 71.3 Å². The molecular weight excluding hydrogens is 371 g/mol. The molecule has 0 unspecified atom stereocenters. The molecule has 108 valence electrons. The standard InChI is InChI=1S/C18H19IN2/c19-16-9-7-14(8-10-16)12-21-13-15(4-3-11-20)17-5-1-2-6-18(17)21/h1-2,5-10,13H,3-4,11-12,20H2. The number of fused-ring (bicyclic) bond motifs is 1. The lowest BCUT2D eigenvalue weighted by Crippen LogP contribution is -2.00. The van der Waals surface area contributed by atoms with E-state index in [4.69, 9.17) is 5.73 Å². The molecule has 3 rings (SSSR count). The molecule has 3 heteroatoms. The summed E-state index contributed by atoms with van der Waals surface area (Å²) in [7, 11) is 0. The predicted octanol–water partition coefficient (Wildman–Crippen LogP) is 4.19. The zero-order chi connectivity index (χ0) is 14.7. The number of hydrogen-bond acceptors (Lipinski definition) is 1. The first-order chi connectivity index (χ1) is 10.3. The van der Waals surface area contributed by atoms with Gasteiger partial charge in [0.05, 0.1) is 0 Å². The molecule has 0 aliphatic rings. The predicted molar refractivity (Wildman–Crippen MR) is 97.6 cm³/mol. The molecule has 0 spiro atoms. The Hall–Kier alpha value is -1.33. The SMILES string of the molecule is NCCCc1cn(Cc2ccc(I)cc2)c2ccccc12. The molecule has 0 aliphatic heterocycles. The summed E-state index contributed by atoms with van der Waals surface area (Å²) in [5.41, 5.74) is 9.70. The van der Waals surface area contributed by atoms with Crippen molar-refractivity contribution in [3.05, 3.63) is 69.4 Å². The van der Waals surface area contributed by atoms with Gasteiger partial charge in [0.1, 0.15) is 0 Å². The van der Waals surface area contributed by atoms with Crippen LogP contribution >= 0.6 is 22.6 Å². The lowest BCUT2D eigenvalue weighted by Gasteiger charge is -2.05. The van der Waals surface area contributed by atoms with E-state index < -0.39 is 0 Å². The van der Waals surface area contributed by atoms with Crippen LogP contribution < -0.4 is 5.73 Å². The molecule has 21 heavy (non-hydrogen) atoms. The Morgan fingerprint density at radius 3 is 2.52 bits per heavy atom. The first-order valence-electron chi connectivity index (χ1n) is 7.29. The van der Waals surface area contributed by atoms with Crippen LogP contribution in [0.1, 0.15) is 17.5 Å². The van der Waals surface area contributed by atoms with Crippen LogP contribution in [0.3, 0.4) is 0 Å². The number of nitrogens with two attached hydrogens (primary N) is 1. The highest BCUT2D eigenvalue weighted by atomic mass is 127. The average Bonchev–Trinajstić information content (AvgIpc) is 2.86. The number of hydrogen-bond donors (Lipinski definition) is 1. The fraction of sp³-hybridized carbons (Fsp3) is 0.222. The quantitative estimate of drug-likeness (QED) is 0.651. The zero-order valence-electron chi connectivity index (χ0n) is 11.9. The first-order valence-corrected chi connectivity index (χ1v) is 8.37. The van der Waals surface area contributed by atoms with E-state index >= 15 is 0 Å². The summed E-state index contributed by atoms with van der Waals surface area (Å²) in [6.45, 7) is 1.66. The number of para-hydroxylation sites is 1. The van der Waals surface area contributed by atoms with Crippen LogP contribution in [0.15, 0.2) is 54.7 Å². The number of aromatic nitrogens is 1. The molecule has 0 radical (unpaired) electrons. The number of rotatable bonds is 5. The van der Waals surface area contributed by atoms with Gasteiger partial charge in [-0.3, -0.25) is 0 Å². The Kier molecular flexibility index (Phi) is 4.60. The number of halogens is 1. The Morgan fingerprint density at radius 1 is 1.00 bits per heavy atom. The van der Waals surface area contributed by atoms with Gasteiger partial charge in [0.2, 0.25) is 0 Å². The highest BCUT2D eigenvalue weighted by Gasteiger charge is 2.08. The van der Waals surface area contributed by atoms with Gasteiger partial charge in [0, 0.05) is 27.2 Å². The average molecular weight is 390 g/mol. The lowest BCUT2D eigenvalue weighted by molar-refractivity contribution is 0.806. The third kappa shape index (κ3) is 3.30. The van der Waals surface area contributed by atoms with Crippen LogP contribution in [0.2, 0.25) is 0 Å². The van der Waals surface area contributed by atoms with Crippen molar-refractivity contribution in [3.8, 4) is 0 Å². The van der Waals surface area contributed by atoms with Crippen molar-refractivity contribution in [2.24, 2.45) is 5.73 Å². The first kappa shape index (κ1) is 14.6. The molecule has 2 aromatic carbocycles. The van der Waals surface area contributed by atoms with Crippen molar-refractivity contribution < 1.29 is 0 Å². The third-order valence-electron chi connectivity index (χ3n) is 3.79. The van der Waals surface area contributed by atoms with Crippen molar-refractivity contribution in [1.29, 1.82) is 0 Å². The molecule has 2 nitrogen and oxygen atoms in total. The maximum absolute atomic E-state index is 5.66. The van der Waals surface area contributed by atoms with Gasteiger partial charge < -0.3 is 10.3 Å². The number of aryl methyl sites for hydroxylation is 1. The largest absolute Gasteiger partial charge is 0.343 e. The van der Waals surface area contributed by atoms with Crippen molar-refractivity contribution in [1.82, 2.24) is 4.57 Å². The highest BCUT2D eigenvalue weighted by Crippen LogP contribution is 2.23. The van der Waals surface area contributed by atoms with Crippen LogP contribution in [-0.4, -0.2) is 11.1 Å². The van der Waals surface area contributed by atoms with Gasteiger partial charge in [-0.2, -0.15) is 0 Å². The van der Waals surface area contributed by atoms with Crippen LogP contribution in [0.4, 0.5) is 0 Å². The molecule has 0 bridgehead atoms. The van der Waals surface area contributed by atoms with E-state index in [1.165, 1.54) is 25.6 Å². The van der Waals surface area contributed by atoms with E-state index in [0.29, 0.717) is 0 Å². The number of benzene rings is 2. The lowest BCUT2D eigenvalue weighted by atomic mass is 10.1. The molecular formula is C18H19IN2. The second kappa shape index (κ2) is 6.62. The summed E-state index contributed by atoms with van der Waals surface area (Å²) in [4.78, 5) is 0. The topological polar surface area (TPSA) is 30.9 Å². The van der Waals surface area contributed by atoms with E-state index in [1.54, 1.807) is 0 Å². The second-order valence-corrected chi connectivity index (χ2v) is 6.56. The molecule has 1 aromatic heterocycles. The molecule has 2 N–H and O–H groups in total. The van der Waals surface area contributed by atoms with E-state index in [2.05, 4.69) is 81.9 Å². The van der Waals surface area contributed by atoms with Gasteiger partial charge in [-0.1, -0.05) is 30.3 Å². The Balaban J connectivity index is 1.96. The van der Waals surface area contributed by atoms with Crippen LogP contribution in [0.25, 0.3) is 10.9 Å². The van der Waals surface area contributed by atoms with E-state index in [1.807, 2.05) is 0 Å². The fourth-order valence-corrected chi connectivity index (χ4v) is 3.09. The molecule has 0 fully saturated rings. The smallest absolute Gasteiger partial charge is 0.0486 e. The van der Waals surface area contributed by atoms with E-state index in [-0.39, 0.29) is 0 Å². The molecule has 1 heterocycles. The fourth-order valence-electron chi connectivity index (χ4n) is 2.73. The molecule has 0 amide bonds. The normalized spacial score (nSPS) is 11.1. The van der Waals surface area contributed by atoms with E-state index in [0.717, 1.165) is 25.9 Å². The van der Waals surface area contributed by atoms with Crippen molar-refractivity contribution in [3.63, 3.8) is 0 Å². The summed E-state index contributed by atoms with van der Waals surface area (Å²) >= 11 is 2.34. The van der Waals surface area contributed by atoms with E-state index in [9.17, 15) is 0 Å². The van der Waals surface area contributed by atoms with Gasteiger partial charge in [0.25, 0.3) is 0 Å². The molecule has 0 aliphatic carbocycles. The van der Waals surface area contributed by atoms with Gasteiger partial charge in [-0.25, -0.2) is 0 Å². The Bertz CT molecular complexity index is 729. The molecule has 0 atom stereocenters. The summed E-state index contributed by atoms with van der Waals surface area (Å²) in [5.74, 6) is 0. The summed E-state index contributed by atoms with van der Waals surface area (Å²) in [6.07, 6.45) is 4.38. The Morgan fingerprint density at radius 2 is 1.76 bits per heavy atom. The van der Waals surface area contributed by atoms with Crippen molar-refractivity contribution in [2.75, 3.05) is 6.54 Å². The van der Waals surface area contributed by atoms with Crippen LogP contribution in [0.5, 0.6) is 0 Å². The zero-order valence-corrected chi connectivity index (χ0v) is 14.1. The maximum Gasteiger partial charge on any atom is 0.0486 e. The summed E-state index contributed by atoms with van der Waals surface area (Å²) in [5, 5.41) is 1.36. The van der Waals surface area contributed by atoms with Crippen LogP contribution in [-0.2, 0) is 13.0 Å². The summed E-state index contributed by atoms with van der Waals surface area (Å²) in [6, 6.07) is 17.4. The molecule has 0 saturated heterocycles. The summed E-state index contributed by atoms with van der Waals surface area (Å²) < 4.78 is 3.63. The highest BCUT2D eigenvalue weighted by molar-refractivity contribution is 14.1. The molecule has 0 saturated carbocycles. The van der Waals surface area contributed by atoms with Gasteiger partial charge in [0.15, 0.2) is 0 Å². The third-order valence-corrected chi connectivity index (χ3v) is 4.51. The minimum Gasteiger partial charge on any atom is -0.343 e. The maximum atomic E-state index is 5.66. The minimum absolute atomic E-state index is 0.747. The van der Waals surface area contributed by atoms with Crippen LogP contribution in [0, 0.1) is 3.57 Å².